The Hall–Kier alpha value is -1.92. The van der Waals surface area contributed by atoms with E-state index in [1.165, 1.54) is 12.1 Å². The van der Waals surface area contributed by atoms with Crippen molar-refractivity contribution < 1.29 is 4.74 Å². The molecule has 128 valence electrons. The van der Waals surface area contributed by atoms with E-state index in [2.05, 4.69) is 31.8 Å². The second-order valence-corrected chi connectivity index (χ2v) is 7.06. The van der Waals surface area contributed by atoms with E-state index in [0.29, 0.717) is 6.04 Å². The summed E-state index contributed by atoms with van der Waals surface area (Å²) in [6.45, 7) is 3.84. The third kappa shape index (κ3) is 3.30. The summed E-state index contributed by atoms with van der Waals surface area (Å²) in [5, 5.41) is 3.51. The first-order valence-corrected chi connectivity index (χ1v) is 8.72. The van der Waals surface area contributed by atoms with Crippen LogP contribution in [0.2, 0.25) is 0 Å². The quantitative estimate of drug-likeness (QED) is 0.931. The number of pyridine rings is 1. The number of nitrogens with zero attached hydrogens (tertiary/aromatic N) is 4. The molecule has 1 N–H and O–H groups in total. The smallest absolute Gasteiger partial charge is 0.126 e. The number of hydrogen-bond acceptors (Lipinski definition) is 5. The van der Waals surface area contributed by atoms with Gasteiger partial charge in [-0.1, -0.05) is 6.07 Å². The molecule has 6 heteroatoms. The van der Waals surface area contributed by atoms with Crippen molar-refractivity contribution in [3.63, 3.8) is 0 Å². The molecule has 2 saturated heterocycles. The van der Waals surface area contributed by atoms with E-state index >= 15 is 0 Å². The summed E-state index contributed by atoms with van der Waals surface area (Å²) in [6.07, 6.45) is 9.04. The van der Waals surface area contributed by atoms with Crippen molar-refractivity contribution in [2.24, 2.45) is 7.05 Å². The van der Waals surface area contributed by atoms with Crippen LogP contribution >= 0.6 is 0 Å². The van der Waals surface area contributed by atoms with Crippen LogP contribution in [0.1, 0.15) is 25.0 Å². The predicted molar refractivity (Wildman–Crippen MR) is 92.7 cm³/mol. The van der Waals surface area contributed by atoms with Gasteiger partial charge < -0.3 is 14.6 Å². The van der Waals surface area contributed by atoms with Crippen molar-refractivity contribution in [3.8, 4) is 0 Å². The van der Waals surface area contributed by atoms with Gasteiger partial charge in [0.1, 0.15) is 5.82 Å². The Morgan fingerprint density at radius 3 is 3.17 bits per heavy atom. The van der Waals surface area contributed by atoms with Gasteiger partial charge in [-0.3, -0.25) is 4.90 Å². The third-order valence-electron chi connectivity index (χ3n) is 5.15. The number of nitrogens with one attached hydrogen (secondary N) is 1. The Morgan fingerprint density at radius 2 is 2.38 bits per heavy atom. The second-order valence-electron chi connectivity index (χ2n) is 7.06. The molecule has 2 aliphatic rings. The molecule has 2 aromatic rings. The van der Waals surface area contributed by atoms with E-state index in [1.54, 1.807) is 0 Å². The minimum Gasteiger partial charge on any atom is -0.371 e. The molecule has 2 fully saturated rings. The molecule has 0 unspecified atom stereocenters. The standard InChI is InChI=1S/C18H25N5O/c1-22-14-19-10-16(22)11-23-8-4-6-18(13-23)9-15(12-24-18)21-17-5-2-3-7-20-17/h2-3,5,7,10,14-15H,4,6,8-9,11-13H2,1H3,(H,20,21)/t15-,18-/m0/s1. The fraction of sp³-hybridized carbons (Fsp3) is 0.556. The van der Waals surface area contributed by atoms with Crippen LogP contribution in [0.3, 0.4) is 0 Å². The maximum atomic E-state index is 6.29. The molecule has 4 rings (SSSR count). The highest BCUT2D eigenvalue weighted by molar-refractivity contribution is 5.35. The largest absolute Gasteiger partial charge is 0.371 e. The fourth-order valence-electron chi connectivity index (χ4n) is 3.97. The van der Waals surface area contributed by atoms with Gasteiger partial charge in [0, 0.05) is 39.0 Å². The number of piperidine rings is 1. The number of ether oxygens (including phenoxy) is 1. The van der Waals surface area contributed by atoms with Crippen LogP contribution < -0.4 is 5.32 Å². The van der Waals surface area contributed by atoms with Crippen molar-refractivity contribution in [3.05, 3.63) is 42.6 Å². The topological polar surface area (TPSA) is 55.2 Å². The Kier molecular flexibility index (Phi) is 4.24. The summed E-state index contributed by atoms with van der Waals surface area (Å²) in [4.78, 5) is 11.1. The first-order valence-electron chi connectivity index (χ1n) is 8.72. The number of likely N-dealkylation sites (tertiary alicyclic amines) is 1. The van der Waals surface area contributed by atoms with E-state index in [4.69, 9.17) is 4.74 Å². The van der Waals surface area contributed by atoms with Gasteiger partial charge in [0.05, 0.1) is 30.3 Å². The predicted octanol–water partition coefficient (Wildman–Crippen LogP) is 2.05. The highest BCUT2D eigenvalue weighted by Gasteiger charge is 2.43. The van der Waals surface area contributed by atoms with Crippen LogP contribution in [0.15, 0.2) is 36.9 Å². The van der Waals surface area contributed by atoms with E-state index in [1.807, 2.05) is 36.9 Å². The number of anilines is 1. The molecule has 2 aromatic heterocycles. The molecule has 24 heavy (non-hydrogen) atoms. The first-order chi connectivity index (χ1) is 11.7. The zero-order valence-electron chi connectivity index (χ0n) is 14.2. The molecule has 2 atom stereocenters. The lowest BCUT2D eigenvalue weighted by Crippen LogP contribution is -2.47. The molecule has 0 aliphatic carbocycles. The first kappa shape index (κ1) is 15.6. The van der Waals surface area contributed by atoms with Gasteiger partial charge in [-0.05, 0) is 31.5 Å². The molecule has 0 bridgehead atoms. The van der Waals surface area contributed by atoms with Crippen molar-refractivity contribution >= 4 is 5.82 Å². The molecule has 2 aliphatic heterocycles. The Bertz CT molecular complexity index is 673. The molecule has 0 amide bonds. The van der Waals surface area contributed by atoms with Crippen LogP contribution in [0.25, 0.3) is 0 Å². The van der Waals surface area contributed by atoms with Gasteiger partial charge in [0.15, 0.2) is 0 Å². The summed E-state index contributed by atoms with van der Waals surface area (Å²) >= 11 is 0. The molecule has 0 saturated carbocycles. The molecular weight excluding hydrogens is 302 g/mol. The number of aryl methyl sites for hydroxylation is 1. The summed E-state index contributed by atoms with van der Waals surface area (Å²) in [6, 6.07) is 6.31. The van der Waals surface area contributed by atoms with Crippen molar-refractivity contribution in [1.29, 1.82) is 0 Å². The van der Waals surface area contributed by atoms with Crippen molar-refractivity contribution in [1.82, 2.24) is 19.4 Å². The average Bonchev–Trinajstić information content (AvgIpc) is 3.16. The minimum atomic E-state index is -0.0106. The lowest BCUT2D eigenvalue weighted by atomic mass is 9.88. The van der Waals surface area contributed by atoms with Gasteiger partial charge in [-0.2, -0.15) is 0 Å². The molecule has 6 nitrogen and oxygen atoms in total. The molecule has 0 aromatic carbocycles. The Labute approximate surface area is 142 Å². The summed E-state index contributed by atoms with van der Waals surface area (Å²) in [7, 11) is 2.06. The van der Waals surface area contributed by atoms with Gasteiger partial charge >= 0.3 is 0 Å². The van der Waals surface area contributed by atoms with Gasteiger partial charge in [-0.25, -0.2) is 9.97 Å². The van der Waals surface area contributed by atoms with Crippen LogP contribution in [0, 0.1) is 0 Å². The monoisotopic (exact) mass is 327 g/mol. The number of imidazole rings is 1. The third-order valence-corrected chi connectivity index (χ3v) is 5.15. The van der Waals surface area contributed by atoms with E-state index in [9.17, 15) is 0 Å². The van der Waals surface area contributed by atoms with Gasteiger partial charge in [0.25, 0.3) is 0 Å². The molecular formula is C18H25N5O. The minimum absolute atomic E-state index is 0.0106. The fourth-order valence-corrected chi connectivity index (χ4v) is 3.97. The second kappa shape index (κ2) is 6.53. The number of rotatable bonds is 4. The van der Waals surface area contributed by atoms with E-state index in [-0.39, 0.29) is 5.60 Å². The Balaban J connectivity index is 1.38. The lowest BCUT2D eigenvalue weighted by molar-refractivity contribution is -0.0537. The highest BCUT2D eigenvalue weighted by atomic mass is 16.5. The highest BCUT2D eigenvalue weighted by Crippen LogP contribution is 2.36. The Morgan fingerprint density at radius 1 is 1.42 bits per heavy atom. The van der Waals surface area contributed by atoms with Crippen LogP contribution in [-0.4, -0.2) is 50.8 Å². The maximum Gasteiger partial charge on any atom is 0.126 e. The van der Waals surface area contributed by atoms with Crippen LogP contribution in [0.4, 0.5) is 5.82 Å². The summed E-state index contributed by atoms with van der Waals surface area (Å²) < 4.78 is 8.39. The SMILES string of the molecule is Cn1cncc1CN1CCC[C@]2(C[C@H](Nc3ccccn3)CO2)C1. The molecule has 4 heterocycles. The average molecular weight is 327 g/mol. The lowest BCUT2D eigenvalue weighted by Gasteiger charge is -2.39. The van der Waals surface area contributed by atoms with Crippen LogP contribution in [0.5, 0.6) is 0 Å². The maximum absolute atomic E-state index is 6.29. The zero-order chi connectivity index (χ0) is 16.4. The van der Waals surface area contributed by atoms with Crippen molar-refractivity contribution in [2.45, 2.75) is 37.5 Å². The summed E-state index contributed by atoms with van der Waals surface area (Å²) in [5.41, 5.74) is 1.25. The number of hydrogen-bond donors (Lipinski definition) is 1. The van der Waals surface area contributed by atoms with Crippen molar-refractivity contribution in [2.75, 3.05) is 25.0 Å². The van der Waals surface area contributed by atoms with E-state index < -0.39 is 0 Å². The van der Waals surface area contributed by atoms with Gasteiger partial charge in [-0.15, -0.1) is 0 Å². The van der Waals surface area contributed by atoms with E-state index in [0.717, 1.165) is 44.9 Å². The number of aromatic nitrogens is 3. The van der Waals surface area contributed by atoms with Crippen LogP contribution in [-0.2, 0) is 18.3 Å². The normalized spacial score (nSPS) is 27.6. The summed E-state index contributed by atoms with van der Waals surface area (Å²) in [5.74, 6) is 0.936. The zero-order valence-corrected chi connectivity index (χ0v) is 14.2. The molecule has 0 radical (unpaired) electrons. The van der Waals surface area contributed by atoms with Gasteiger partial charge in [0.2, 0.25) is 0 Å². The molecule has 1 spiro atoms.